The molecule has 88 valence electrons. The van der Waals surface area contributed by atoms with E-state index in [1.54, 1.807) is 6.07 Å². The summed E-state index contributed by atoms with van der Waals surface area (Å²) in [6.45, 7) is 0.288. The van der Waals surface area contributed by atoms with Crippen molar-refractivity contribution in [3.63, 3.8) is 0 Å². The van der Waals surface area contributed by atoms with E-state index in [1.165, 1.54) is 6.07 Å². The lowest BCUT2D eigenvalue weighted by atomic mass is 10.1. The summed E-state index contributed by atoms with van der Waals surface area (Å²) < 4.78 is 37.1. The number of benzene rings is 1. The molecule has 0 unspecified atom stereocenters. The number of halogens is 3. The van der Waals surface area contributed by atoms with Gasteiger partial charge in [0.1, 0.15) is 6.07 Å². The SMILES string of the molecule is N#CCCNc1ccc(C(F)(F)F)cc1C#N. The Morgan fingerprint density at radius 2 is 1.94 bits per heavy atom. The van der Waals surface area contributed by atoms with Crippen molar-refractivity contribution in [3.8, 4) is 12.1 Å². The Hall–Kier alpha value is -2.21. The van der Waals surface area contributed by atoms with E-state index in [0.717, 1.165) is 12.1 Å². The van der Waals surface area contributed by atoms with E-state index >= 15 is 0 Å². The van der Waals surface area contributed by atoms with Crippen molar-refractivity contribution < 1.29 is 13.2 Å². The third-order valence-electron chi connectivity index (χ3n) is 2.02. The van der Waals surface area contributed by atoms with Gasteiger partial charge in [0.2, 0.25) is 0 Å². The van der Waals surface area contributed by atoms with Gasteiger partial charge in [-0.2, -0.15) is 23.7 Å². The lowest BCUT2D eigenvalue weighted by Gasteiger charge is -2.10. The molecule has 6 heteroatoms. The van der Waals surface area contributed by atoms with Gasteiger partial charge in [0.25, 0.3) is 0 Å². The van der Waals surface area contributed by atoms with E-state index in [0.29, 0.717) is 5.69 Å². The maximum atomic E-state index is 12.4. The normalized spacial score (nSPS) is 10.4. The van der Waals surface area contributed by atoms with Crippen LogP contribution in [0.1, 0.15) is 17.5 Å². The van der Waals surface area contributed by atoms with Gasteiger partial charge in [-0.3, -0.25) is 0 Å². The lowest BCUT2D eigenvalue weighted by Crippen LogP contribution is -2.07. The van der Waals surface area contributed by atoms with Crippen LogP contribution in [0.15, 0.2) is 18.2 Å². The Labute approximate surface area is 96.1 Å². The number of hydrogen-bond acceptors (Lipinski definition) is 3. The highest BCUT2D eigenvalue weighted by Crippen LogP contribution is 2.31. The molecule has 0 amide bonds. The van der Waals surface area contributed by atoms with E-state index in [4.69, 9.17) is 10.5 Å². The highest BCUT2D eigenvalue weighted by molar-refractivity contribution is 5.59. The monoisotopic (exact) mass is 239 g/mol. The molecule has 0 aliphatic heterocycles. The molecule has 0 spiro atoms. The molecule has 1 aromatic carbocycles. The molecule has 3 nitrogen and oxygen atoms in total. The van der Waals surface area contributed by atoms with Crippen LogP contribution in [-0.2, 0) is 6.18 Å². The van der Waals surface area contributed by atoms with Crippen molar-refractivity contribution in [2.45, 2.75) is 12.6 Å². The van der Waals surface area contributed by atoms with Gasteiger partial charge in [-0.25, -0.2) is 0 Å². The standard InChI is InChI=1S/C11H8F3N3/c12-11(13,14)9-2-3-10(8(6-9)7-16)17-5-1-4-15/h2-3,6,17H,1,5H2. The van der Waals surface area contributed by atoms with Crippen molar-refractivity contribution in [2.75, 3.05) is 11.9 Å². The van der Waals surface area contributed by atoms with E-state index in [9.17, 15) is 13.2 Å². The van der Waals surface area contributed by atoms with E-state index in [-0.39, 0.29) is 18.5 Å². The maximum absolute atomic E-state index is 12.4. The molecule has 0 aliphatic rings. The van der Waals surface area contributed by atoms with E-state index in [2.05, 4.69) is 5.32 Å². The second kappa shape index (κ2) is 5.22. The summed E-state index contributed by atoms with van der Waals surface area (Å²) in [5, 5.41) is 19.8. The highest BCUT2D eigenvalue weighted by atomic mass is 19.4. The van der Waals surface area contributed by atoms with E-state index in [1.807, 2.05) is 6.07 Å². The maximum Gasteiger partial charge on any atom is 0.416 e. The molecule has 0 aromatic heterocycles. The van der Waals surface area contributed by atoms with Crippen LogP contribution in [0.25, 0.3) is 0 Å². The van der Waals surface area contributed by atoms with Crippen LogP contribution in [-0.4, -0.2) is 6.54 Å². The highest BCUT2D eigenvalue weighted by Gasteiger charge is 2.30. The molecular formula is C11H8F3N3. The second-order valence-electron chi connectivity index (χ2n) is 3.20. The topological polar surface area (TPSA) is 59.6 Å². The molecule has 1 N–H and O–H groups in total. The van der Waals surface area contributed by atoms with E-state index < -0.39 is 11.7 Å². The Bertz CT molecular complexity index is 480. The average Bonchev–Trinajstić information content (AvgIpc) is 2.28. The van der Waals surface area contributed by atoms with Crippen LogP contribution in [0.2, 0.25) is 0 Å². The molecule has 0 fully saturated rings. The average molecular weight is 239 g/mol. The van der Waals surface area contributed by atoms with Crippen LogP contribution in [0.3, 0.4) is 0 Å². The number of rotatable bonds is 3. The van der Waals surface area contributed by atoms with Crippen LogP contribution < -0.4 is 5.32 Å². The molecule has 17 heavy (non-hydrogen) atoms. The summed E-state index contributed by atoms with van der Waals surface area (Å²) >= 11 is 0. The zero-order chi connectivity index (χ0) is 12.9. The Morgan fingerprint density at radius 1 is 1.24 bits per heavy atom. The minimum absolute atomic E-state index is 0.0854. The Balaban J connectivity index is 2.96. The van der Waals surface area contributed by atoms with Gasteiger partial charge in [-0.1, -0.05) is 0 Å². The van der Waals surface area contributed by atoms with Crippen LogP contribution in [0, 0.1) is 22.7 Å². The predicted octanol–water partition coefficient (Wildman–Crippen LogP) is 2.90. The van der Waals surface area contributed by atoms with Crippen molar-refractivity contribution in [3.05, 3.63) is 29.3 Å². The first-order valence-electron chi connectivity index (χ1n) is 4.71. The molecule has 0 heterocycles. The van der Waals surface area contributed by atoms with Crippen LogP contribution in [0.5, 0.6) is 0 Å². The third kappa shape index (κ3) is 3.39. The van der Waals surface area contributed by atoms with Crippen LogP contribution >= 0.6 is 0 Å². The first-order chi connectivity index (χ1) is 7.99. The lowest BCUT2D eigenvalue weighted by molar-refractivity contribution is -0.137. The number of anilines is 1. The smallest absolute Gasteiger partial charge is 0.383 e. The summed E-state index contributed by atoms with van der Waals surface area (Å²) in [5.41, 5.74) is -0.645. The first-order valence-corrected chi connectivity index (χ1v) is 4.71. The third-order valence-corrected chi connectivity index (χ3v) is 2.02. The predicted molar refractivity (Wildman–Crippen MR) is 54.9 cm³/mol. The first kappa shape index (κ1) is 12.9. The number of nitrogens with zero attached hydrogens (tertiary/aromatic N) is 2. The number of hydrogen-bond donors (Lipinski definition) is 1. The fourth-order valence-electron chi connectivity index (χ4n) is 1.22. The fourth-order valence-corrected chi connectivity index (χ4v) is 1.22. The number of nitriles is 2. The fraction of sp³-hybridized carbons (Fsp3) is 0.273. The molecule has 0 radical (unpaired) electrons. The summed E-state index contributed by atoms with van der Waals surface area (Å²) in [5.74, 6) is 0. The molecule has 1 aromatic rings. The molecule has 1 rings (SSSR count). The number of nitrogens with one attached hydrogen (secondary N) is 1. The molecule has 0 aliphatic carbocycles. The van der Waals surface area contributed by atoms with Crippen molar-refractivity contribution in [2.24, 2.45) is 0 Å². The Morgan fingerprint density at radius 3 is 2.47 bits per heavy atom. The van der Waals surface area contributed by atoms with Crippen molar-refractivity contribution >= 4 is 5.69 Å². The summed E-state index contributed by atoms with van der Waals surface area (Å²) in [4.78, 5) is 0. The van der Waals surface area contributed by atoms with Gasteiger partial charge in [0, 0.05) is 6.54 Å². The minimum atomic E-state index is -4.46. The molecule has 0 atom stereocenters. The van der Waals surface area contributed by atoms with Gasteiger partial charge in [0.05, 0.1) is 29.3 Å². The minimum Gasteiger partial charge on any atom is -0.383 e. The second-order valence-corrected chi connectivity index (χ2v) is 3.20. The summed E-state index contributed by atoms with van der Waals surface area (Å²) in [7, 11) is 0. The summed E-state index contributed by atoms with van der Waals surface area (Å²) in [6, 6.07) is 6.45. The number of alkyl halides is 3. The Kier molecular flexibility index (Phi) is 3.95. The van der Waals surface area contributed by atoms with Gasteiger partial charge in [0.15, 0.2) is 0 Å². The van der Waals surface area contributed by atoms with Gasteiger partial charge < -0.3 is 5.32 Å². The van der Waals surface area contributed by atoms with Crippen LogP contribution in [0.4, 0.5) is 18.9 Å². The van der Waals surface area contributed by atoms with Crippen molar-refractivity contribution in [1.29, 1.82) is 10.5 Å². The summed E-state index contributed by atoms with van der Waals surface area (Å²) in [6.07, 6.45) is -4.25. The zero-order valence-electron chi connectivity index (χ0n) is 8.67. The van der Waals surface area contributed by atoms with Gasteiger partial charge in [-0.05, 0) is 18.2 Å². The quantitative estimate of drug-likeness (QED) is 0.825. The largest absolute Gasteiger partial charge is 0.416 e. The van der Waals surface area contributed by atoms with Gasteiger partial charge in [-0.15, -0.1) is 0 Å². The van der Waals surface area contributed by atoms with Gasteiger partial charge >= 0.3 is 6.18 Å². The molecule has 0 bridgehead atoms. The van der Waals surface area contributed by atoms with Crippen molar-refractivity contribution in [1.82, 2.24) is 0 Å². The zero-order valence-corrected chi connectivity index (χ0v) is 8.67. The molecule has 0 saturated heterocycles. The molecule has 0 saturated carbocycles. The molecular weight excluding hydrogens is 231 g/mol.